The Bertz CT molecular complexity index is 1060. The highest BCUT2D eigenvalue weighted by atomic mass is 35.5. The van der Waals surface area contributed by atoms with Gasteiger partial charge in [-0.25, -0.2) is 14.5 Å². The fraction of sp³-hybridized carbons (Fsp3) is 0.176. The lowest BCUT2D eigenvalue weighted by atomic mass is 10.0. The quantitative estimate of drug-likeness (QED) is 0.535. The molecule has 0 radical (unpaired) electrons. The first kappa shape index (κ1) is 16.0. The van der Waals surface area contributed by atoms with Gasteiger partial charge >= 0.3 is 0 Å². The standard InChI is InChI=1S/C17H15ClN6S/c1-9-4-5-12(10(2)6-9)13-8-25-17-22-16(23-24(13)17)21-15-7-14(18)19-11(3)20-15/h4-8H,1-3H3,(H,19,20,21,23). The van der Waals surface area contributed by atoms with Crippen LogP contribution < -0.4 is 5.32 Å². The summed E-state index contributed by atoms with van der Waals surface area (Å²) in [5.41, 5.74) is 4.62. The molecule has 0 unspecified atom stereocenters. The third-order valence-corrected chi connectivity index (χ3v) is 4.80. The van der Waals surface area contributed by atoms with Crippen LogP contribution in [0.4, 0.5) is 11.8 Å². The van der Waals surface area contributed by atoms with Crippen LogP contribution in [-0.2, 0) is 0 Å². The van der Waals surface area contributed by atoms with Gasteiger partial charge in [0.15, 0.2) is 0 Å². The molecule has 25 heavy (non-hydrogen) atoms. The first-order chi connectivity index (χ1) is 12.0. The highest BCUT2D eigenvalue weighted by Gasteiger charge is 2.14. The van der Waals surface area contributed by atoms with Gasteiger partial charge in [-0.2, -0.15) is 4.98 Å². The summed E-state index contributed by atoms with van der Waals surface area (Å²) in [6.45, 7) is 5.98. The normalized spacial score (nSPS) is 11.2. The lowest BCUT2D eigenvalue weighted by Crippen LogP contribution is -1.99. The minimum Gasteiger partial charge on any atom is -0.307 e. The zero-order valence-electron chi connectivity index (χ0n) is 13.9. The first-order valence-electron chi connectivity index (χ1n) is 7.70. The molecule has 8 heteroatoms. The van der Waals surface area contributed by atoms with Crippen molar-refractivity contribution in [2.75, 3.05) is 5.32 Å². The van der Waals surface area contributed by atoms with Gasteiger partial charge in [0.1, 0.15) is 16.8 Å². The molecule has 126 valence electrons. The van der Waals surface area contributed by atoms with E-state index >= 15 is 0 Å². The molecule has 0 spiro atoms. The zero-order valence-corrected chi connectivity index (χ0v) is 15.5. The summed E-state index contributed by atoms with van der Waals surface area (Å²) >= 11 is 7.52. The maximum absolute atomic E-state index is 5.97. The average Bonchev–Trinajstić information content (AvgIpc) is 3.06. The molecule has 0 saturated heterocycles. The van der Waals surface area contributed by atoms with Gasteiger partial charge in [0.2, 0.25) is 10.9 Å². The third kappa shape index (κ3) is 3.08. The number of nitrogens with one attached hydrogen (secondary N) is 1. The van der Waals surface area contributed by atoms with Crippen molar-refractivity contribution in [1.82, 2.24) is 24.6 Å². The fourth-order valence-corrected chi connectivity index (χ4v) is 3.78. The van der Waals surface area contributed by atoms with E-state index in [1.165, 1.54) is 11.1 Å². The first-order valence-corrected chi connectivity index (χ1v) is 8.95. The van der Waals surface area contributed by atoms with Gasteiger partial charge < -0.3 is 5.32 Å². The molecule has 4 aromatic rings. The van der Waals surface area contributed by atoms with Crippen LogP contribution in [0.15, 0.2) is 29.6 Å². The lowest BCUT2D eigenvalue weighted by molar-refractivity contribution is 0.981. The molecule has 1 N–H and O–H groups in total. The number of hydrogen-bond acceptors (Lipinski definition) is 6. The Balaban J connectivity index is 1.73. The van der Waals surface area contributed by atoms with Crippen LogP contribution in [0, 0.1) is 20.8 Å². The van der Waals surface area contributed by atoms with E-state index in [4.69, 9.17) is 11.6 Å². The Hall–Kier alpha value is -2.51. The third-order valence-electron chi connectivity index (χ3n) is 3.79. The summed E-state index contributed by atoms with van der Waals surface area (Å²) < 4.78 is 1.85. The fourth-order valence-electron chi connectivity index (χ4n) is 2.73. The number of halogens is 1. The Labute approximate surface area is 153 Å². The minimum absolute atomic E-state index is 0.381. The van der Waals surface area contributed by atoms with E-state index in [9.17, 15) is 0 Å². The highest BCUT2D eigenvalue weighted by Crippen LogP contribution is 2.29. The van der Waals surface area contributed by atoms with Gasteiger partial charge in [-0.3, -0.25) is 0 Å². The number of rotatable bonds is 3. The molecule has 0 fully saturated rings. The molecule has 0 bridgehead atoms. The maximum Gasteiger partial charge on any atom is 0.249 e. The monoisotopic (exact) mass is 370 g/mol. The summed E-state index contributed by atoms with van der Waals surface area (Å²) in [7, 11) is 0. The summed E-state index contributed by atoms with van der Waals surface area (Å²) in [5, 5.41) is 10.1. The molecule has 3 aromatic heterocycles. The van der Waals surface area contributed by atoms with Crippen LogP contribution in [0.1, 0.15) is 17.0 Å². The molecule has 3 heterocycles. The van der Waals surface area contributed by atoms with Crippen LogP contribution >= 0.6 is 22.9 Å². The topological polar surface area (TPSA) is 68.0 Å². The van der Waals surface area contributed by atoms with Gasteiger partial charge in [0.25, 0.3) is 0 Å². The van der Waals surface area contributed by atoms with Crippen molar-refractivity contribution in [3.63, 3.8) is 0 Å². The summed E-state index contributed by atoms with van der Waals surface area (Å²) in [5.74, 6) is 1.64. The predicted molar refractivity (Wildman–Crippen MR) is 101 cm³/mol. The number of fused-ring (bicyclic) bond motifs is 1. The van der Waals surface area contributed by atoms with Crippen molar-refractivity contribution in [1.29, 1.82) is 0 Å². The average molecular weight is 371 g/mol. The molecule has 0 aliphatic rings. The van der Waals surface area contributed by atoms with Gasteiger partial charge in [-0.1, -0.05) is 35.4 Å². The van der Waals surface area contributed by atoms with Crippen LogP contribution in [0.25, 0.3) is 16.2 Å². The van der Waals surface area contributed by atoms with Crippen molar-refractivity contribution in [2.24, 2.45) is 0 Å². The van der Waals surface area contributed by atoms with Crippen molar-refractivity contribution < 1.29 is 0 Å². The summed E-state index contributed by atoms with van der Waals surface area (Å²) in [6, 6.07) is 8.04. The lowest BCUT2D eigenvalue weighted by Gasteiger charge is -2.05. The van der Waals surface area contributed by atoms with Crippen molar-refractivity contribution in [3.05, 3.63) is 51.7 Å². The molecule has 0 saturated carbocycles. The van der Waals surface area contributed by atoms with E-state index in [0.29, 0.717) is 22.7 Å². The molecule has 0 amide bonds. The van der Waals surface area contributed by atoms with E-state index in [1.54, 1.807) is 24.3 Å². The van der Waals surface area contributed by atoms with Crippen LogP contribution in [-0.4, -0.2) is 24.6 Å². The van der Waals surface area contributed by atoms with Gasteiger partial charge in [-0.15, -0.1) is 16.4 Å². The predicted octanol–water partition coefficient (Wildman–Crippen LogP) is 4.57. The van der Waals surface area contributed by atoms with Gasteiger partial charge in [0, 0.05) is 17.0 Å². The van der Waals surface area contributed by atoms with E-state index in [1.807, 2.05) is 4.52 Å². The number of thiazole rings is 1. The molecule has 0 atom stereocenters. The van der Waals surface area contributed by atoms with Crippen LogP contribution in [0.2, 0.25) is 5.15 Å². The van der Waals surface area contributed by atoms with E-state index in [-0.39, 0.29) is 0 Å². The second kappa shape index (κ2) is 6.09. The largest absolute Gasteiger partial charge is 0.307 e. The second-order valence-corrected chi connectivity index (χ2v) is 7.04. The zero-order chi connectivity index (χ0) is 17.6. The number of anilines is 2. The molecule has 4 rings (SSSR count). The Morgan fingerprint density at radius 3 is 2.68 bits per heavy atom. The van der Waals surface area contributed by atoms with Crippen LogP contribution in [0.3, 0.4) is 0 Å². The van der Waals surface area contributed by atoms with E-state index in [0.717, 1.165) is 16.2 Å². The highest BCUT2D eigenvalue weighted by molar-refractivity contribution is 7.15. The minimum atomic E-state index is 0.381. The van der Waals surface area contributed by atoms with E-state index in [2.05, 4.69) is 62.8 Å². The number of aryl methyl sites for hydroxylation is 3. The second-order valence-electron chi connectivity index (χ2n) is 5.82. The van der Waals surface area contributed by atoms with Crippen molar-refractivity contribution >= 4 is 39.7 Å². The molecule has 0 aliphatic carbocycles. The number of nitrogens with zero attached hydrogens (tertiary/aromatic N) is 5. The van der Waals surface area contributed by atoms with E-state index < -0.39 is 0 Å². The number of aromatic nitrogens is 5. The summed E-state index contributed by atoms with van der Waals surface area (Å²) in [6.07, 6.45) is 0. The summed E-state index contributed by atoms with van der Waals surface area (Å²) in [4.78, 5) is 13.7. The maximum atomic E-state index is 5.97. The Morgan fingerprint density at radius 2 is 1.92 bits per heavy atom. The Morgan fingerprint density at radius 1 is 1.08 bits per heavy atom. The molecular formula is C17H15ClN6S. The smallest absolute Gasteiger partial charge is 0.249 e. The molecular weight excluding hydrogens is 356 g/mol. The van der Waals surface area contributed by atoms with Crippen LogP contribution in [0.5, 0.6) is 0 Å². The van der Waals surface area contributed by atoms with Gasteiger partial charge in [0.05, 0.1) is 5.69 Å². The SMILES string of the molecule is Cc1ccc(-c2csc3nc(Nc4cc(Cl)nc(C)n4)nn23)c(C)c1. The number of hydrogen-bond donors (Lipinski definition) is 1. The Kier molecular flexibility index (Phi) is 3.89. The molecule has 6 nitrogen and oxygen atoms in total. The molecule has 0 aliphatic heterocycles. The van der Waals surface area contributed by atoms with Gasteiger partial charge in [-0.05, 0) is 26.3 Å². The van der Waals surface area contributed by atoms with Crippen molar-refractivity contribution in [3.8, 4) is 11.3 Å². The molecule has 1 aromatic carbocycles. The number of benzene rings is 1. The van der Waals surface area contributed by atoms with Crippen molar-refractivity contribution in [2.45, 2.75) is 20.8 Å².